The van der Waals surface area contributed by atoms with Gasteiger partial charge in [0, 0.05) is 24.6 Å². The highest BCUT2D eigenvalue weighted by molar-refractivity contribution is 9.10. The van der Waals surface area contributed by atoms with Gasteiger partial charge in [0.25, 0.3) is 0 Å². The third-order valence-corrected chi connectivity index (χ3v) is 3.71. The van der Waals surface area contributed by atoms with E-state index in [1.54, 1.807) is 7.05 Å². The van der Waals surface area contributed by atoms with Crippen molar-refractivity contribution < 1.29 is 0 Å². The van der Waals surface area contributed by atoms with E-state index in [1.807, 2.05) is 24.3 Å². The third-order valence-electron chi connectivity index (χ3n) is 3.01. The van der Waals surface area contributed by atoms with Crippen LogP contribution in [0.1, 0.15) is 13.8 Å². The summed E-state index contributed by atoms with van der Waals surface area (Å²) in [5.41, 5.74) is 0.913. The maximum atomic E-state index is 4.49. The molecule has 0 saturated heterocycles. The largest absolute Gasteiger partial charge is 0.357 e. The zero-order chi connectivity index (χ0) is 15.2. The normalized spacial score (nSPS) is 10.3. The van der Waals surface area contributed by atoms with Crippen molar-refractivity contribution in [2.24, 2.45) is 0 Å². The van der Waals surface area contributed by atoms with Crippen LogP contribution in [0.25, 0.3) is 0 Å². The van der Waals surface area contributed by atoms with Gasteiger partial charge in [-0.05, 0) is 41.9 Å². The minimum absolute atomic E-state index is 0.517. The molecule has 0 amide bonds. The van der Waals surface area contributed by atoms with Crippen LogP contribution < -0.4 is 15.5 Å². The molecule has 2 aromatic rings. The lowest BCUT2D eigenvalue weighted by molar-refractivity contribution is 0.815. The number of rotatable bonds is 6. The van der Waals surface area contributed by atoms with Crippen molar-refractivity contribution in [1.82, 2.24) is 15.0 Å². The molecule has 2 N–H and O–H groups in total. The van der Waals surface area contributed by atoms with Gasteiger partial charge in [-0.25, -0.2) is 0 Å². The van der Waals surface area contributed by atoms with Gasteiger partial charge in [0.05, 0.1) is 5.69 Å². The van der Waals surface area contributed by atoms with Gasteiger partial charge < -0.3 is 15.5 Å². The molecule has 0 spiro atoms. The highest BCUT2D eigenvalue weighted by Crippen LogP contribution is 2.24. The van der Waals surface area contributed by atoms with E-state index in [2.05, 4.69) is 60.3 Å². The zero-order valence-corrected chi connectivity index (χ0v) is 14.0. The van der Waals surface area contributed by atoms with Crippen molar-refractivity contribution in [3.63, 3.8) is 0 Å². The van der Waals surface area contributed by atoms with E-state index in [9.17, 15) is 0 Å². The lowest BCUT2D eigenvalue weighted by atomic mass is 10.3. The average molecular weight is 351 g/mol. The SMILES string of the molecule is CCN(CC)c1nc(NC)nc(Nc2ccccc2Br)n1. The third kappa shape index (κ3) is 3.81. The number of hydrogen-bond donors (Lipinski definition) is 2. The number of nitrogens with one attached hydrogen (secondary N) is 2. The van der Waals surface area contributed by atoms with E-state index in [1.165, 1.54) is 0 Å². The number of nitrogens with zero attached hydrogens (tertiary/aromatic N) is 4. The first-order valence-electron chi connectivity index (χ1n) is 6.88. The maximum absolute atomic E-state index is 4.49. The van der Waals surface area contributed by atoms with Crippen molar-refractivity contribution >= 4 is 39.5 Å². The molecule has 0 aliphatic carbocycles. The Labute approximate surface area is 133 Å². The number of aromatic nitrogens is 3. The fraction of sp³-hybridized carbons (Fsp3) is 0.357. The molecule has 1 aromatic carbocycles. The Morgan fingerprint density at radius 1 is 1.05 bits per heavy atom. The van der Waals surface area contributed by atoms with Crippen molar-refractivity contribution in [3.8, 4) is 0 Å². The zero-order valence-electron chi connectivity index (χ0n) is 12.4. The predicted octanol–water partition coefficient (Wildman–Crippen LogP) is 3.27. The number of para-hydroxylation sites is 1. The van der Waals surface area contributed by atoms with E-state index in [4.69, 9.17) is 0 Å². The van der Waals surface area contributed by atoms with Gasteiger partial charge in [-0.1, -0.05) is 12.1 Å². The van der Waals surface area contributed by atoms with E-state index >= 15 is 0 Å². The van der Waals surface area contributed by atoms with Crippen LogP contribution >= 0.6 is 15.9 Å². The number of hydrogen-bond acceptors (Lipinski definition) is 6. The van der Waals surface area contributed by atoms with Crippen LogP contribution in [0.5, 0.6) is 0 Å². The fourth-order valence-corrected chi connectivity index (χ4v) is 2.25. The Morgan fingerprint density at radius 2 is 1.71 bits per heavy atom. The highest BCUT2D eigenvalue weighted by atomic mass is 79.9. The molecule has 0 unspecified atom stereocenters. The smallest absolute Gasteiger partial charge is 0.233 e. The van der Waals surface area contributed by atoms with Crippen LogP contribution in [-0.2, 0) is 0 Å². The first kappa shape index (κ1) is 15.5. The van der Waals surface area contributed by atoms with Gasteiger partial charge in [0.1, 0.15) is 0 Å². The molecule has 0 atom stereocenters. The quantitative estimate of drug-likeness (QED) is 0.833. The summed E-state index contributed by atoms with van der Waals surface area (Å²) in [6.45, 7) is 5.84. The van der Waals surface area contributed by atoms with Crippen molar-refractivity contribution in [2.75, 3.05) is 35.7 Å². The van der Waals surface area contributed by atoms with Crippen LogP contribution in [-0.4, -0.2) is 35.1 Å². The van der Waals surface area contributed by atoms with Gasteiger partial charge in [0.2, 0.25) is 17.8 Å². The average Bonchev–Trinajstić information content (AvgIpc) is 2.50. The van der Waals surface area contributed by atoms with Crippen LogP contribution in [0.4, 0.5) is 23.5 Å². The summed E-state index contributed by atoms with van der Waals surface area (Å²) in [6.07, 6.45) is 0. The second-order valence-electron chi connectivity index (χ2n) is 4.31. The molecule has 0 bridgehead atoms. The molecule has 2 rings (SSSR count). The Kier molecular flexibility index (Phi) is 5.32. The Balaban J connectivity index is 2.35. The minimum Gasteiger partial charge on any atom is -0.357 e. The molecule has 1 heterocycles. The fourth-order valence-electron chi connectivity index (χ4n) is 1.86. The lowest BCUT2D eigenvalue weighted by Crippen LogP contribution is -2.25. The Bertz CT molecular complexity index is 600. The monoisotopic (exact) mass is 350 g/mol. The summed E-state index contributed by atoms with van der Waals surface area (Å²) in [5, 5.41) is 6.19. The molecule has 0 radical (unpaired) electrons. The number of halogens is 1. The summed E-state index contributed by atoms with van der Waals surface area (Å²) >= 11 is 3.50. The van der Waals surface area contributed by atoms with Gasteiger partial charge in [-0.2, -0.15) is 15.0 Å². The number of anilines is 4. The van der Waals surface area contributed by atoms with Crippen LogP contribution in [0.2, 0.25) is 0 Å². The van der Waals surface area contributed by atoms with E-state index in [0.29, 0.717) is 17.8 Å². The van der Waals surface area contributed by atoms with Gasteiger partial charge in [-0.3, -0.25) is 0 Å². The molecule has 0 aliphatic heterocycles. The molecule has 0 fully saturated rings. The first-order valence-corrected chi connectivity index (χ1v) is 7.67. The molecule has 112 valence electrons. The topological polar surface area (TPSA) is 66.0 Å². The van der Waals surface area contributed by atoms with E-state index in [-0.39, 0.29) is 0 Å². The molecule has 0 aliphatic rings. The molecule has 21 heavy (non-hydrogen) atoms. The predicted molar refractivity (Wildman–Crippen MR) is 90.4 cm³/mol. The summed E-state index contributed by atoms with van der Waals surface area (Å²) in [4.78, 5) is 15.3. The standard InChI is InChI=1S/C14H19BrN6/c1-4-21(5-2)14-19-12(16-3)18-13(20-14)17-11-9-7-6-8-10(11)15/h6-9H,4-5H2,1-3H3,(H2,16,17,18,19,20). The van der Waals surface area contributed by atoms with Gasteiger partial charge in [-0.15, -0.1) is 0 Å². The molecular weight excluding hydrogens is 332 g/mol. The van der Waals surface area contributed by atoms with Crippen LogP contribution in [0.3, 0.4) is 0 Å². The van der Waals surface area contributed by atoms with Gasteiger partial charge in [0.15, 0.2) is 0 Å². The Morgan fingerprint density at radius 3 is 2.33 bits per heavy atom. The maximum Gasteiger partial charge on any atom is 0.233 e. The van der Waals surface area contributed by atoms with E-state index in [0.717, 1.165) is 23.2 Å². The van der Waals surface area contributed by atoms with E-state index < -0.39 is 0 Å². The molecule has 7 heteroatoms. The lowest BCUT2D eigenvalue weighted by Gasteiger charge is -2.19. The summed E-state index contributed by atoms with van der Waals surface area (Å²) in [5.74, 6) is 1.72. The van der Waals surface area contributed by atoms with Crippen molar-refractivity contribution in [3.05, 3.63) is 28.7 Å². The molecular formula is C14H19BrN6. The molecule has 0 saturated carbocycles. The summed E-state index contributed by atoms with van der Waals surface area (Å²) < 4.78 is 0.959. The second-order valence-corrected chi connectivity index (χ2v) is 5.16. The van der Waals surface area contributed by atoms with Crippen molar-refractivity contribution in [2.45, 2.75) is 13.8 Å². The minimum atomic E-state index is 0.517. The first-order chi connectivity index (χ1) is 10.2. The second kappa shape index (κ2) is 7.21. The Hall–Kier alpha value is -1.89. The van der Waals surface area contributed by atoms with Gasteiger partial charge >= 0.3 is 0 Å². The molecule has 1 aromatic heterocycles. The highest BCUT2D eigenvalue weighted by Gasteiger charge is 2.11. The summed E-state index contributed by atoms with van der Waals surface area (Å²) in [6, 6.07) is 7.85. The van der Waals surface area contributed by atoms with Crippen LogP contribution in [0, 0.1) is 0 Å². The van der Waals surface area contributed by atoms with Crippen molar-refractivity contribution in [1.29, 1.82) is 0 Å². The number of benzene rings is 1. The van der Waals surface area contributed by atoms with Crippen LogP contribution in [0.15, 0.2) is 28.7 Å². The molecule has 6 nitrogen and oxygen atoms in total. The summed E-state index contributed by atoms with van der Waals surface area (Å²) in [7, 11) is 1.80.